The van der Waals surface area contributed by atoms with Crippen molar-refractivity contribution >= 4 is 11.4 Å². The van der Waals surface area contributed by atoms with Crippen LogP contribution in [0.5, 0.6) is 0 Å². The number of rotatable bonds is 2. The predicted molar refractivity (Wildman–Crippen MR) is 49.2 cm³/mol. The molecule has 4 N–H and O–H groups in total. The standard InChI is InChI=1S/C9H11N3/c10-6-2-4-7-3-1-5-8(11)9(7)12/h1,3,5H,2,4,11-12H2. The van der Waals surface area contributed by atoms with Crippen molar-refractivity contribution < 1.29 is 0 Å². The summed E-state index contributed by atoms with van der Waals surface area (Å²) in [6.07, 6.45) is 1.15. The molecule has 1 aromatic carbocycles. The Morgan fingerprint density at radius 1 is 1.33 bits per heavy atom. The molecule has 0 fully saturated rings. The normalized spacial score (nSPS) is 9.25. The smallest absolute Gasteiger partial charge is 0.0625 e. The van der Waals surface area contributed by atoms with Crippen LogP contribution in [0, 0.1) is 11.3 Å². The molecule has 0 spiro atoms. The molecule has 0 saturated heterocycles. The lowest BCUT2D eigenvalue weighted by molar-refractivity contribution is 1.01. The van der Waals surface area contributed by atoms with Crippen molar-refractivity contribution in [1.82, 2.24) is 0 Å². The van der Waals surface area contributed by atoms with Gasteiger partial charge in [0, 0.05) is 6.42 Å². The van der Waals surface area contributed by atoms with Crippen LogP contribution in [-0.2, 0) is 6.42 Å². The molecule has 12 heavy (non-hydrogen) atoms. The van der Waals surface area contributed by atoms with E-state index in [0.29, 0.717) is 24.2 Å². The summed E-state index contributed by atoms with van der Waals surface area (Å²) >= 11 is 0. The maximum atomic E-state index is 8.37. The van der Waals surface area contributed by atoms with Crippen molar-refractivity contribution in [3.05, 3.63) is 23.8 Å². The minimum Gasteiger partial charge on any atom is -0.397 e. The van der Waals surface area contributed by atoms with E-state index < -0.39 is 0 Å². The summed E-state index contributed by atoms with van der Waals surface area (Å²) in [6.45, 7) is 0. The number of nitrogens with zero attached hydrogens (tertiary/aromatic N) is 1. The third-order valence-electron chi connectivity index (χ3n) is 1.74. The van der Waals surface area contributed by atoms with Gasteiger partial charge in [-0.3, -0.25) is 0 Å². The second kappa shape index (κ2) is 3.63. The number of nitrogens with two attached hydrogens (primary N) is 2. The first kappa shape index (κ1) is 8.41. The number of benzene rings is 1. The minimum absolute atomic E-state index is 0.480. The van der Waals surface area contributed by atoms with Gasteiger partial charge >= 0.3 is 0 Å². The summed E-state index contributed by atoms with van der Waals surface area (Å²) in [6, 6.07) is 7.56. The van der Waals surface area contributed by atoms with Gasteiger partial charge in [0.2, 0.25) is 0 Å². The van der Waals surface area contributed by atoms with E-state index in [2.05, 4.69) is 6.07 Å². The van der Waals surface area contributed by atoms with Crippen molar-refractivity contribution in [2.24, 2.45) is 0 Å². The van der Waals surface area contributed by atoms with E-state index >= 15 is 0 Å². The minimum atomic E-state index is 0.480. The molecule has 0 aliphatic heterocycles. The summed E-state index contributed by atoms with van der Waals surface area (Å²) < 4.78 is 0. The van der Waals surface area contributed by atoms with E-state index in [-0.39, 0.29) is 0 Å². The second-order valence-corrected chi connectivity index (χ2v) is 2.58. The lowest BCUT2D eigenvalue weighted by Crippen LogP contribution is -1.99. The summed E-state index contributed by atoms with van der Waals surface area (Å²) in [4.78, 5) is 0. The zero-order valence-electron chi connectivity index (χ0n) is 6.75. The summed E-state index contributed by atoms with van der Waals surface area (Å²) in [5, 5.41) is 8.37. The van der Waals surface area contributed by atoms with Gasteiger partial charge < -0.3 is 11.5 Å². The molecule has 0 saturated carbocycles. The van der Waals surface area contributed by atoms with E-state index in [9.17, 15) is 0 Å². The molecule has 0 amide bonds. The maximum absolute atomic E-state index is 8.37. The van der Waals surface area contributed by atoms with Crippen LogP contribution in [0.25, 0.3) is 0 Å². The van der Waals surface area contributed by atoms with Crippen LogP contribution < -0.4 is 11.5 Å². The molecular weight excluding hydrogens is 150 g/mol. The number of hydrogen-bond donors (Lipinski definition) is 2. The highest BCUT2D eigenvalue weighted by Gasteiger charge is 2.00. The highest BCUT2D eigenvalue weighted by molar-refractivity contribution is 5.67. The van der Waals surface area contributed by atoms with E-state index in [0.717, 1.165) is 5.56 Å². The molecule has 1 aromatic rings. The van der Waals surface area contributed by atoms with Crippen molar-refractivity contribution in [3.8, 4) is 6.07 Å². The Kier molecular flexibility index (Phi) is 2.54. The molecule has 0 aliphatic carbocycles. The molecule has 1 rings (SSSR count). The monoisotopic (exact) mass is 161 g/mol. The van der Waals surface area contributed by atoms with Crippen molar-refractivity contribution in [2.45, 2.75) is 12.8 Å². The SMILES string of the molecule is N#CCCc1cccc(N)c1N. The average molecular weight is 161 g/mol. The average Bonchev–Trinajstić information content (AvgIpc) is 2.08. The number of nitriles is 1. The zero-order valence-corrected chi connectivity index (χ0v) is 6.75. The van der Waals surface area contributed by atoms with E-state index in [4.69, 9.17) is 16.7 Å². The van der Waals surface area contributed by atoms with Gasteiger partial charge in [0.25, 0.3) is 0 Å². The Morgan fingerprint density at radius 3 is 2.75 bits per heavy atom. The Bertz CT molecular complexity index is 312. The Hall–Kier alpha value is -1.69. The fourth-order valence-electron chi connectivity index (χ4n) is 1.04. The lowest BCUT2D eigenvalue weighted by Gasteiger charge is -2.04. The summed E-state index contributed by atoms with van der Waals surface area (Å²) in [5.41, 5.74) is 13.4. The fraction of sp³-hybridized carbons (Fsp3) is 0.222. The van der Waals surface area contributed by atoms with Crippen molar-refractivity contribution in [2.75, 3.05) is 11.5 Å². The molecular formula is C9H11N3. The van der Waals surface area contributed by atoms with Crippen molar-refractivity contribution in [3.63, 3.8) is 0 Å². The van der Waals surface area contributed by atoms with Gasteiger partial charge in [0.15, 0.2) is 0 Å². The first-order valence-electron chi connectivity index (χ1n) is 3.75. The van der Waals surface area contributed by atoms with Gasteiger partial charge in [-0.05, 0) is 18.1 Å². The van der Waals surface area contributed by atoms with Gasteiger partial charge in [-0.15, -0.1) is 0 Å². The van der Waals surface area contributed by atoms with Gasteiger partial charge in [-0.1, -0.05) is 12.1 Å². The first-order valence-corrected chi connectivity index (χ1v) is 3.75. The maximum Gasteiger partial charge on any atom is 0.0625 e. The summed E-state index contributed by atoms with van der Waals surface area (Å²) in [7, 11) is 0. The number of para-hydroxylation sites is 1. The van der Waals surface area contributed by atoms with E-state index in [1.54, 1.807) is 6.07 Å². The van der Waals surface area contributed by atoms with Crippen LogP contribution in [-0.4, -0.2) is 0 Å². The number of aryl methyl sites for hydroxylation is 1. The molecule has 0 aromatic heterocycles. The topological polar surface area (TPSA) is 75.8 Å². The fourth-order valence-corrected chi connectivity index (χ4v) is 1.04. The van der Waals surface area contributed by atoms with Crippen LogP contribution in [0.15, 0.2) is 18.2 Å². The van der Waals surface area contributed by atoms with Gasteiger partial charge in [0.05, 0.1) is 17.4 Å². The summed E-state index contributed by atoms with van der Waals surface area (Å²) in [5.74, 6) is 0. The lowest BCUT2D eigenvalue weighted by atomic mass is 10.1. The Morgan fingerprint density at radius 2 is 2.08 bits per heavy atom. The van der Waals surface area contributed by atoms with E-state index in [1.807, 2.05) is 12.1 Å². The Balaban J connectivity index is 2.86. The third-order valence-corrected chi connectivity index (χ3v) is 1.74. The molecule has 62 valence electrons. The quantitative estimate of drug-likeness (QED) is 0.642. The predicted octanol–water partition coefficient (Wildman–Crippen LogP) is 1.31. The van der Waals surface area contributed by atoms with Crippen LogP contribution in [0.2, 0.25) is 0 Å². The molecule has 0 heterocycles. The molecule has 0 aliphatic rings. The highest BCUT2D eigenvalue weighted by atomic mass is 14.7. The largest absolute Gasteiger partial charge is 0.397 e. The van der Waals surface area contributed by atoms with Gasteiger partial charge in [-0.2, -0.15) is 5.26 Å². The number of anilines is 2. The van der Waals surface area contributed by atoms with Crippen LogP contribution >= 0.6 is 0 Å². The highest BCUT2D eigenvalue weighted by Crippen LogP contribution is 2.20. The molecule has 0 unspecified atom stereocenters. The number of hydrogen-bond acceptors (Lipinski definition) is 3. The Labute approximate surface area is 71.6 Å². The van der Waals surface area contributed by atoms with Crippen LogP contribution in [0.4, 0.5) is 11.4 Å². The number of nitrogen functional groups attached to an aromatic ring is 2. The molecule has 0 atom stereocenters. The second-order valence-electron chi connectivity index (χ2n) is 2.58. The van der Waals surface area contributed by atoms with Crippen molar-refractivity contribution in [1.29, 1.82) is 5.26 Å². The van der Waals surface area contributed by atoms with E-state index in [1.165, 1.54) is 0 Å². The molecule has 3 heteroatoms. The third kappa shape index (κ3) is 1.67. The van der Waals surface area contributed by atoms with Gasteiger partial charge in [0.1, 0.15) is 0 Å². The molecule has 3 nitrogen and oxygen atoms in total. The van der Waals surface area contributed by atoms with Crippen LogP contribution in [0.1, 0.15) is 12.0 Å². The van der Waals surface area contributed by atoms with Gasteiger partial charge in [-0.25, -0.2) is 0 Å². The first-order chi connectivity index (χ1) is 5.75. The molecule has 0 radical (unpaired) electrons. The van der Waals surface area contributed by atoms with Crippen LogP contribution in [0.3, 0.4) is 0 Å². The zero-order chi connectivity index (χ0) is 8.97. The molecule has 0 bridgehead atoms.